The summed E-state index contributed by atoms with van der Waals surface area (Å²) in [6.07, 6.45) is 1.10. The second-order valence-electron chi connectivity index (χ2n) is 1.26. The highest BCUT2D eigenvalue weighted by Gasteiger charge is 2.03. The van der Waals surface area contributed by atoms with Crippen molar-refractivity contribution < 1.29 is 0 Å². The van der Waals surface area contributed by atoms with Crippen molar-refractivity contribution in [2.24, 2.45) is 0 Å². The van der Waals surface area contributed by atoms with Crippen LogP contribution in [-0.2, 0) is 0 Å². The largest absolute Gasteiger partial charge is 0.381 e. The van der Waals surface area contributed by atoms with Gasteiger partial charge in [-0.05, 0) is 17.2 Å². The molecule has 32 valence electrons. The highest BCUT2D eigenvalue weighted by Crippen LogP contribution is 1.99. The summed E-state index contributed by atoms with van der Waals surface area (Å²) in [6, 6.07) is 0. The Hall–Kier alpha value is -0.330. The van der Waals surface area contributed by atoms with Crippen molar-refractivity contribution in [3.8, 4) is 0 Å². The standard InChI is InChI=1S/C4H5NS/c6-3-4-1-2-5-4/h5H,1-2H2. The van der Waals surface area contributed by atoms with Gasteiger partial charge < -0.3 is 5.32 Å². The van der Waals surface area contributed by atoms with Crippen LogP contribution in [-0.4, -0.2) is 11.6 Å². The number of hydrogen-bond donors (Lipinski definition) is 1. The van der Waals surface area contributed by atoms with Crippen molar-refractivity contribution in [3.63, 3.8) is 0 Å². The topological polar surface area (TPSA) is 12.0 Å². The summed E-state index contributed by atoms with van der Waals surface area (Å²) >= 11 is 4.48. The van der Waals surface area contributed by atoms with E-state index in [2.05, 4.69) is 22.6 Å². The normalized spacial score (nSPS) is 17.7. The third kappa shape index (κ3) is 0.445. The molecular weight excluding hydrogens is 94.1 g/mol. The monoisotopic (exact) mass is 99.0 g/mol. The summed E-state index contributed by atoms with van der Waals surface area (Å²) in [6.45, 7) is 1.08. The second kappa shape index (κ2) is 1.41. The van der Waals surface area contributed by atoms with Crippen LogP contribution in [0.15, 0.2) is 5.70 Å². The molecule has 0 amide bonds. The van der Waals surface area contributed by atoms with Crippen molar-refractivity contribution in [1.82, 2.24) is 5.32 Å². The average molecular weight is 99.2 g/mol. The van der Waals surface area contributed by atoms with E-state index in [1.54, 1.807) is 0 Å². The fraction of sp³-hybridized carbons (Fsp3) is 0.500. The van der Waals surface area contributed by atoms with Crippen molar-refractivity contribution in [2.45, 2.75) is 6.42 Å². The summed E-state index contributed by atoms with van der Waals surface area (Å²) in [4.78, 5) is 0. The lowest BCUT2D eigenvalue weighted by molar-refractivity contribution is 0.647. The molecule has 0 bridgehead atoms. The zero-order chi connectivity index (χ0) is 4.41. The lowest BCUT2D eigenvalue weighted by Gasteiger charge is -2.15. The van der Waals surface area contributed by atoms with Gasteiger partial charge in [0.2, 0.25) is 0 Å². The van der Waals surface area contributed by atoms with E-state index in [-0.39, 0.29) is 0 Å². The summed E-state index contributed by atoms with van der Waals surface area (Å²) in [5, 5.41) is 5.59. The van der Waals surface area contributed by atoms with Crippen LogP contribution in [0.3, 0.4) is 0 Å². The Kier molecular flexibility index (Phi) is 0.906. The number of nitrogens with one attached hydrogen (secondary N) is 1. The minimum absolute atomic E-state index is 1.08. The van der Waals surface area contributed by atoms with Gasteiger partial charge in [0, 0.05) is 13.0 Å². The van der Waals surface area contributed by atoms with Gasteiger partial charge in [-0.25, -0.2) is 0 Å². The van der Waals surface area contributed by atoms with Crippen LogP contribution in [0.1, 0.15) is 6.42 Å². The smallest absolute Gasteiger partial charge is 0.0671 e. The van der Waals surface area contributed by atoms with E-state index < -0.39 is 0 Å². The highest BCUT2D eigenvalue weighted by molar-refractivity contribution is 7.78. The average Bonchev–Trinajstić information content (AvgIpc) is 1.31. The molecule has 0 aromatic carbocycles. The predicted molar refractivity (Wildman–Crippen MR) is 28.7 cm³/mol. The van der Waals surface area contributed by atoms with Crippen LogP contribution in [0.25, 0.3) is 0 Å². The molecule has 0 spiro atoms. The van der Waals surface area contributed by atoms with E-state index in [9.17, 15) is 0 Å². The maximum Gasteiger partial charge on any atom is 0.0671 e. The molecule has 0 saturated carbocycles. The third-order valence-electron chi connectivity index (χ3n) is 0.837. The molecule has 1 nitrogen and oxygen atoms in total. The van der Waals surface area contributed by atoms with Crippen LogP contribution >= 0.6 is 12.2 Å². The zero-order valence-corrected chi connectivity index (χ0v) is 4.14. The first-order valence-electron chi connectivity index (χ1n) is 1.91. The Morgan fingerprint density at radius 1 is 1.83 bits per heavy atom. The van der Waals surface area contributed by atoms with Gasteiger partial charge in [0.15, 0.2) is 0 Å². The van der Waals surface area contributed by atoms with Crippen LogP contribution in [0, 0.1) is 0 Å². The molecule has 1 aliphatic rings. The van der Waals surface area contributed by atoms with Crippen molar-refractivity contribution in [2.75, 3.05) is 6.54 Å². The maximum absolute atomic E-state index is 4.48. The molecule has 1 aliphatic heterocycles. The molecule has 1 N–H and O–H groups in total. The van der Waals surface area contributed by atoms with E-state index in [1.165, 1.54) is 0 Å². The van der Waals surface area contributed by atoms with Gasteiger partial charge in [-0.1, -0.05) is 0 Å². The van der Waals surface area contributed by atoms with E-state index in [1.807, 2.05) is 0 Å². The lowest BCUT2D eigenvalue weighted by atomic mass is 10.2. The summed E-state index contributed by atoms with van der Waals surface area (Å²) in [7, 11) is 0. The second-order valence-corrected chi connectivity index (χ2v) is 1.46. The van der Waals surface area contributed by atoms with Gasteiger partial charge in [-0.3, -0.25) is 0 Å². The molecular formula is C4H5NS. The fourth-order valence-electron chi connectivity index (χ4n) is 0.337. The van der Waals surface area contributed by atoms with E-state index in [0.29, 0.717) is 0 Å². The minimum atomic E-state index is 1.08. The first-order chi connectivity index (χ1) is 2.93. The molecule has 0 aromatic rings. The van der Waals surface area contributed by atoms with E-state index in [4.69, 9.17) is 0 Å². The molecule has 0 radical (unpaired) electrons. The molecule has 0 unspecified atom stereocenters. The first kappa shape index (κ1) is 3.85. The van der Waals surface area contributed by atoms with Gasteiger partial charge >= 0.3 is 0 Å². The van der Waals surface area contributed by atoms with Crippen molar-refractivity contribution in [1.29, 1.82) is 0 Å². The van der Waals surface area contributed by atoms with Crippen LogP contribution in [0.5, 0.6) is 0 Å². The maximum atomic E-state index is 4.48. The van der Waals surface area contributed by atoms with Crippen LogP contribution < -0.4 is 5.32 Å². The van der Waals surface area contributed by atoms with Gasteiger partial charge in [0.25, 0.3) is 0 Å². The minimum Gasteiger partial charge on any atom is -0.381 e. The van der Waals surface area contributed by atoms with Crippen LogP contribution in [0.2, 0.25) is 0 Å². The molecule has 1 heterocycles. The van der Waals surface area contributed by atoms with Gasteiger partial charge in [-0.15, -0.1) is 0 Å². The van der Waals surface area contributed by atoms with Gasteiger partial charge in [-0.2, -0.15) is 0 Å². The molecule has 0 aliphatic carbocycles. The van der Waals surface area contributed by atoms with Crippen molar-refractivity contribution in [3.05, 3.63) is 5.70 Å². The SMILES string of the molecule is S=C=C1CCN1. The Balaban J connectivity index is 2.55. The number of rotatable bonds is 0. The Morgan fingerprint density at radius 2 is 2.50 bits per heavy atom. The summed E-state index contributed by atoms with van der Waals surface area (Å²) in [5.41, 5.74) is 1.09. The predicted octanol–water partition coefficient (Wildman–Crippen LogP) is 0.462. The van der Waals surface area contributed by atoms with E-state index >= 15 is 0 Å². The highest BCUT2D eigenvalue weighted by atomic mass is 32.1. The Bertz CT molecular complexity index is 96.1. The number of hydrogen-bond acceptors (Lipinski definition) is 2. The number of thiocarbonyl (C=S) groups is 1. The molecule has 2 heteroatoms. The Morgan fingerprint density at radius 3 is 2.50 bits per heavy atom. The zero-order valence-electron chi connectivity index (χ0n) is 3.32. The first-order valence-corrected chi connectivity index (χ1v) is 2.32. The lowest BCUT2D eigenvalue weighted by Crippen LogP contribution is -2.27. The Labute approximate surface area is 42.0 Å². The molecule has 0 aromatic heterocycles. The molecule has 1 rings (SSSR count). The molecule has 6 heavy (non-hydrogen) atoms. The fourth-order valence-corrected chi connectivity index (χ4v) is 0.511. The van der Waals surface area contributed by atoms with Crippen molar-refractivity contribution >= 4 is 17.2 Å². The van der Waals surface area contributed by atoms with Gasteiger partial charge in [0.05, 0.1) is 5.70 Å². The quantitative estimate of drug-likeness (QED) is 0.443. The molecule has 1 saturated heterocycles. The van der Waals surface area contributed by atoms with Gasteiger partial charge in [0.1, 0.15) is 0 Å². The summed E-state index contributed by atoms with van der Waals surface area (Å²) in [5.74, 6) is 0. The molecule has 1 fully saturated rings. The summed E-state index contributed by atoms with van der Waals surface area (Å²) < 4.78 is 0. The van der Waals surface area contributed by atoms with Crippen LogP contribution in [0.4, 0.5) is 0 Å². The molecule has 0 atom stereocenters. The van der Waals surface area contributed by atoms with E-state index in [0.717, 1.165) is 18.7 Å². The third-order valence-corrected chi connectivity index (χ3v) is 1.08.